The van der Waals surface area contributed by atoms with Crippen molar-refractivity contribution in [1.29, 1.82) is 0 Å². The Bertz CT molecular complexity index is 247. The molecule has 0 radical (unpaired) electrons. The summed E-state index contributed by atoms with van der Waals surface area (Å²) in [4.78, 5) is 10.4. The van der Waals surface area contributed by atoms with Crippen LogP contribution in [0.3, 0.4) is 0 Å². The molecule has 58 valence electrons. The summed E-state index contributed by atoms with van der Waals surface area (Å²) in [6.45, 7) is 1.98. The standard InChI is InChI=1S/C9H10OS/c1-2-8(6-10)5-9-3-4-11-7-9/h3-7H,2H2,1H3/b8-5-. The number of hydrogen-bond acceptors (Lipinski definition) is 2. The smallest absolute Gasteiger partial charge is 0.146 e. The summed E-state index contributed by atoms with van der Waals surface area (Å²) in [7, 11) is 0. The fourth-order valence-corrected chi connectivity index (χ4v) is 1.41. The van der Waals surface area contributed by atoms with Gasteiger partial charge in [-0.15, -0.1) is 0 Å². The molecule has 0 aromatic carbocycles. The summed E-state index contributed by atoms with van der Waals surface area (Å²) in [5, 5.41) is 4.03. The Morgan fingerprint density at radius 2 is 2.55 bits per heavy atom. The Hall–Kier alpha value is -0.890. The second-order valence-electron chi connectivity index (χ2n) is 2.25. The molecule has 0 aliphatic carbocycles. The molecule has 1 aromatic heterocycles. The van der Waals surface area contributed by atoms with Gasteiger partial charge in [-0.25, -0.2) is 0 Å². The molecule has 0 atom stereocenters. The van der Waals surface area contributed by atoms with E-state index < -0.39 is 0 Å². The van der Waals surface area contributed by atoms with Crippen LogP contribution < -0.4 is 0 Å². The number of allylic oxidation sites excluding steroid dienone is 1. The van der Waals surface area contributed by atoms with Crippen LogP contribution in [0.4, 0.5) is 0 Å². The van der Waals surface area contributed by atoms with E-state index in [9.17, 15) is 4.79 Å². The average Bonchev–Trinajstić information content (AvgIpc) is 2.52. The molecule has 0 N–H and O–H groups in total. The molecule has 0 saturated carbocycles. The molecule has 0 spiro atoms. The van der Waals surface area contributed by atoms with Crippen LogP contribution in [-0.2, 0) is 4.79 Å². The molecular formula is C9H10OS. The van der Waals surface area contributed by atoms with Crippen molar-refractivity contribution < 1.29 is 4.79 Å². The van der Waals surface area contributed by atoms with Crippen molar-refractivity contribution in [2.24, 2.45) is 0 Å². The van der Waals surface area contributed by atoms with Gasteiger partial charge in [-0.3, -0.25) is 4.79 Å². The number of rotatable bonds is 3. The third-order valence-corrected chi connectivity index (χ3v) is 2.16. The molecule has 0 aliphatic rings. The summed E-state index contributed by atoms with van der Waals surface area (Å²) in [6, 6.07) is 2.00. The van der Waals surface area contributed by atoms with Gasteiger partial charge in [0.15, 0.2) is 0 Å². The van der Waals surface area contributed by atoms with Crippen LogP contribution in [0.25, 0.3) is 6.08 Å². The number of aldehydes is 1. The Labute approximate surface area is 70.4 Å². The highest BCUT2D eigenvalue weighted by molar-refractivity contribution is 7.08. The zero-order chi connectivity index (χ0) is 8.10. The molecule has 1 heterocycles. The van der Waals surface area contributed by atoms with Crippen molar-refractivity contribution in [3.8, 4) is 0 Å². The maximum absolute atomic E-state index is 10.4. The van der Waals surface area contributed by atoms with Gasteiger partial charge in [-0.05, 0) is 40.5 Å². The van der Waals surface area contributed by atoms with Gasteiger partial charge in [0.25, 0.3) is 0 Å². The second kappa shape index (κ2) is 4.09. The Balaban J connectivity index is 2.79. The minimum Gasteiger partial charge on any atom is -0.298 e. The zero-order valence-electron chi connectivity index (χ0n) is 6.41. The first kappa shape index (κ1) is 8.21. The Morgan fingerprint density at radius 1 is 1.73 bits per heavy atom. The van der Waals surface area contributed by atoms with Gasteiger partial charge in [-0.2, -0.15) is 11.3 Å². The van der Waals surface area contributed by atoms with Crippen LogP contribution in [0.2, 0.25) is 0 Å². The van der Waals surface area contributed by atoms with E-state index in [-0.39, 0.29) is 0 Å². The second-order valence-corrected chi connectivity index (χ2v) is 3.03. The Kier molecular flexibility index (Phi) is 3.05. The number of carbonyl (C=O) groups is 1. The van der Waals surface area contributed by atoms with Crippen LogP contribution in [-0.4, -0.2) is 6.29 Å². The highest BCUT2D eigenvalue weighted by Gasteiger charge is 1.91. The molecule has 0 unspecified atom stereocenters. The van der Waals surface area contributed by atoms with E-state index in [2.05, 4.69) is 0 Å². The first-order valence-corrected chi connectivity index (χ1v) is 4.49. The SMILES string of the molecule is CC/C(C=O)=C/c1ccsc1. The molecule has 2 heteroatoms. The quantitative estimate of drug-likeness (QED) is 0.498. The lowest BCUT2D eigenvalue weighted by molar-refractivity contribution is -0.104. The topological polar surface area (TPSA) is 17.1 Å². The lowest BCUT2D eigenvalue weighted by Crippen LogP contribution is -1.79. The maximum Gasteiger partial charge on any atom is 0.146 e. The van der Waals surface area contributed by atoms with E-state index in [0.717, 1.165) is 23.8 Å². The largest absolute Gasteiger partial charge is 0.298 e. The van der Waals surface area contributed by atoms with E-state index in [1.165, 1.54) is 0 Å². The van der Waals surface area contributed by atoms with Crippen molar-refractivity contribution in [3.63, 3.8) is 0 Å². The van der Waals surface area contributed by atoms with E-state index in [0.29, 0.717) is 0 Å². The van der Waals surface area contributed by atoms with Gasteiger partial charge in [0.05, 0.1) is 0 Å². The lowest BCUT2D eigenvalue weighted by Gasteiger charge is -1.89. The van der Waals surface area contributed by atoms with Gasteiger partial charge in [-0.1, -0.05) is 6.92 Å². The number of thiophene rings is 1. The summed E-state index contributed by atoms with van der Waals surface area (Å²) in [6.07, 6.45) is 3.64. The highest BCUT2D eigenvalue weighted by Crippen LogP contribution is 2.11. The van der Waals surface area contributed by atoms with E-state index >= 15 is 0 Å². The van der Waals surface area contributed by atoms with Crippen molar-refractivity contribution in [2.45, 2.75) is 13.3 Å². The van der Waals surface area contributed by atoms with Gasteiger partial charge >= 0.3 is 0 Å². The third-order valence-electron chi connectivity index (χ3n) is 1.45. The lowest BCUT2D eigenvalue weighted by atomic mass is 10.2. The maximum atomic E-state index is 10.4. The molecule has 1 aromatic rings. The van der Waals surface area contributed by atoms with Crippen LogP contribution in [0.5, 0.6) is 0 Å². The summed E-state index contributed by atoms with van der Waals surface area (Å²) in [5.41, 5.74) is 1.97. The molecule has 0 fully saturated rings. The van der Waals surface area contributed by atoms with Crippen LogP contribution >= 0.6 is 11.3 Å². The van der Waals surface area contributed by atoms with Crippen molar-refractivity contribution in [2.75, 3.05) is 0 Å². The van der Waals surface area contributed by atoms with Crippen molar-refractivity contribution in [1.82, 2.24) is 0 Å². The normalized spacial score (nSPS) is 11.5. The molecule has 1 nitrogen and oxygen atoms in total. The van der Waals surface area contributed by atoms with E-state index in [4.69, 9.17) is 0 Å². The fraction of sp³-hybridized carbons (Fsp3) is 0.222. The molecule has 0 bridgehead atoms. The van der Waals surface area contributed by atoms with E-state index in [1.54, 1.807) is 11.3 Å². The molecule has 11 heavy (non-hydrogen) atoms. The van der Waals surface area contributed by atoms with Gasteiger partial charge in [0.1, 0.15) is 6.29 Å². The molecule has 0 aliphatic heterocycles. The molecular weight excluding hydrogens is 156 g/mol. The first-order chi connectivity index (χ1) is 5.36. The molecule has 0 saturated heterocycles. The predicted octanol–water partition coefficient (Wildman–Crippen LogP) is 2.74. The van der Waals surface area contributed by atoms with Gasteiger partial charge in [0.2, 0.25) is 0 Å². The zero-order valence-corrected chi connectivity index (χ0v) is 7.23. The summed E-state index contributed by atoms with van der Waals surface area (Å²) < 4.78 is 0. The van der Waals surface area contributed by atoms with Crippen molar-refractivity contribution in [3.05, 3.63) is 28.0 Å². The van der Waals surface area contributed by atoms with Gasteiger partial charge < -0.3 is 0 Å². The minimum absolute atomic E-state index is 0.805. The predicted molar refractivity (Wildman–Crippen MR) is 48.7 cm³/mol. The van der Waals surface area contributed by atoms with Crippen LogP contribution in [0.1, 0.15) is 18.9 Å². The monoisotopic (exact) mass is 166 g/mol. The number of hydrogen-bond donors (Lipinski definition) is 0. The van der Waals surface area contributed by atoms with E-state index in [1.807, 2.05) is 29.8 Å². The van der Waals surface area contributed by atoms with Crippen molar-refractivity contribution >= 4 is 23.7 Å². The highest BCUT2D eigenvalue weighted by atomic mass is 32.1. The third kappa shape index (κ3) is 2.31. The minimum atomic E-state index is 0.805. The first-order valence-electron chi connectivity index (χ1n) is 3.54. The molecule has 1 rings (SSSR count). The summed E-state index contributed by atoms with van der Waals surface area (Å²) >= 11 is 1.64. The van der Waals surface area contributed by atoms with Gasteiger partial charge in [0, 0.05) is 0 Å². The summed E-state index contributed by atoms with van der Waals surface area (Å²) in [5.74, 6) is 0. The van der Waals surface area contributed by atoms with Crippen LogP contribution in [0.15, 0.2) is 22.4 Å². The van der Waals surface area contributed by atoms with Crippen LogP contribution in [0, 0.1) is 0 Å². The fourth-order valence-electron chi connectivity index (χ4n) is 0.791. The molecule has 0 amide bonds. The average molecular weight is 166 g/mol. The number of carbonyl (C=O) groups excluding carboxylic acids is 1. The Morgan fingerprint density at radius 3 is 3.00 bits per heavy atom.